The summed E-state index contributed by atoms with van der Waals surface area (Å²) in [5.74, 6) is 0.330. The molecule has 2 N–H and O–H groups in total. The molecule has 1 saturated heterocycles. The van der Waals surface area contributed by atoms with Crippen molar-refractivity contribution in [1.29, 1.82) is 0 Å². The van der Waals surface area contributed by atoms with E-state index in [4.69, 9.17) is 0 Å². The lowest BCUT2D eigenvalue weighted by Gasteiger charge is -2.21. The van der Waals surface area contributed by atoms with Gasteiger partial charge in [0.1, 0.15) is 0 Å². The number of carbonyl (C=O) groups excluding carboxylic acids is 1. The summed E-state index contributed by atoms with van der Waals surface area (Å²) in [7, 11) is -3.28. The molecule has 0 saturated carbocycles. The van der Waals surface area contributed by atoms with Crippen LogP contribution < -0.4 is 10.0 Å². The standard InChI is InChI=1S/C15H22N2O3S/c1-2-11-21(19,20)17-14-5-3-12(4-6-14)15(18)13-7-9-16-10-8-13/h3-6,13,16-17H,2,7-11H2,1H3. The lowest BCUT2D eigenvalue weighted by molar-refractivity contribution is 0.0895. The zero-order chi connectivity index (χ0) is 15.3. The fourth-order valence-electron chi connectivity index (χ4n) is 2.52. The Labute approximate surface area is 126 Å². The number of nitrogens with one attached hydrogen (secondary N) is 2. The van der Waals surface area contributed by atoms with Gasteiger partial charge in [0.15, 0.2) is 5.78 Å². The molecule has 1 aromatic rings. The molecule has 0 bridgehead atoms. The molecule has 1 heterocycles. The minimum absolute atomic E-state index is 0.0777. The Morgan fingerprint density at radius 3 is 2.43 bits per heavy atom. The van der Waals surface area contributed by atoms with Gasteiger partial charge in [0.05, 0.1) is 5.75 Å². The summed E-state index contributed by atoms with van der Waals surface area (Å²) < 4.78 is 25.9. The van der Waals surface area contributed by atoms with Crippen molar-refractivity contribution in [1.82, 2.24) is 5.32 Å². The van der Waals surface area contributed by atoms with Gasteiger partial charge in [-0.1, -0.05) is 6.92 Å². The third-order valence-corrected chi connectivity index (χ3v) is 5.12. The Kier molecular flexibility index (Phi) is 5.36. The summed E-state index contributed by atoms with van der Waals surface area (Å²) in [6, 6.07) is 6.71. The minimum Gasteiger partial charge on any atom is -0.317 e. The van der Waals surface area contributed by atoms with Gasteiger partial charge >= 0.3 is 0 Å². The number of hydrogen-bond donors (Lipinski definition) is 2. The van der Waals surface area contributed by atoms with E-state index in [1.807, 2.05) is 6.92 Å². The van der Waals surface area contributed by atoms with E-state index in [2.05, 4.69) is 10.0 Å². The smallest absolute Gasteiger partial charge is 0.232 e. The lowest BCUT2D eigenvalue weighted by atomic mass is 9.89. The summed E-state index contributed by atoms with van der Waals surface area (Å²) in [5, 5.41) is 3.24. The SMILES string of the molecule is CCCS(=O)(=O)Nc1ccc(C(=O)C2CCNCC2)cc1. The molecule has 0 aromatic heterocycles. The summed E-state index contributed by atoms with van der Waals surface area (Å²) >= 11 is 0. The van der Waals surface area contributed by atoms with Gasteiger partial charge in [-0.25, -0.2) is 8.42 Å². The Balaban J connectivity index is 2.03. The number of rotatable bonds is 6. The van der Waals surface area contributed by atoms with Crippen LogP contribution in [-0.2, 0) is 10.0 Å². The number of anilines is 1. The van der Waals surface area contributed by atoms with E-state index >= 15 is 0 Å². The summed E-state index contributed by atoms with van der Waals surface area (Å²) in [6.07, 6.45) is 2.30. The van der Waals surface area contributed by atoms with Crippen LogP contribution in [0.25, 0.3) is 0 Å². The van der Waals surface area contributed by atoms with E-state index in [1.54, 1.807) is 24.3 Å². The Hall–Kier alpha value is -1.40. The van der Waals surface area contributed by atoms with Gasteiger partial charge in [0.2, 0.25) is 10.0 Å². The topological polar surface area (TPSA) is 75.3 Å². The molecule has 0 radical (unpaired) electrons. The molecule has 0 aliphatic carbocycles. The fraction of sp³-hybridized carbons (Fsp3) is 0.533. The third kappa shape index (κ3) is 4.54. The Morgan fingerprint density at radius 1 is 1.24 bits per heavy atom. The van der Waals surface area contributed by atoms with Gasteiger partial charge in [0.25, 0.3) is 0 Å². The molecular weight excluding hydrogens is 288 g/mol. The monoisotopic (exact) mass is 310 g/mol. The van der Waals surface area contributed by atoms with Crippen LogP contribution in [0.1, 0.15) is 36.5 Å². The van der Waals surface area contributed by atoms with Crippen molar-refractivity contribution in [2.24, 2.45) is 5.92 Å². The number of sulfonamides is 1. The minimum atomic E-state index is -3.28. The van der Waals surface area contributed by atoms with Gasteiger partial charge in [-0.05, 0) is 56.6 Å². The van der Waals surface area contributed by atoms with Crippen LogP contribution in [-0.4, -0.2) is 33.0 Å². The quantitative estimate of drug-likeness (QED) is 0.788. The molecule has 0 unspecified atom stereocenters. The molecule has 1 aromatic carbocycles. The van der Waals surface area contributed by atoms with Crippen molar-refractivity contribution in [3.8, 4) is 0 Å². The number of benzene rings is 1. The maximum absolute atomic E-state index is 12.3. The van der Waals surface area contributed by atoms with E-state index < -0.39 is 10.0 Å². The summed E-state index contributed by atoms with van der Waals surface area (Å²) in [5.41, 5.74) is 1.16. The molecule has 6 heteroatoms. The molecule has 1 aliphatic rings. The first kappa shape index (κ1) is 16.0. The highest BCUT2D eigenvalue weighted by molar-refractivity contribution is 7.92. The van der Waals surface area contributed by atoms with Gasteiger partial charge < -0.3 is 5.32 Å². The molecule has 2 rings (SSSR count). The van der Waals surface area contributed by atoms with E-state index in [9.17, 15) is 13.2 Å². The predicted octanol–water partition coefficient (Wildman–Crippen LogP) is 2.02. The van der Waals surface area contributed by atoms with Crippen LogP contribution in [0.4, 0.5) is 5.69 Å². The maximum Gasteiger partial charge on any atom is 0.232 e. The second kappa shape index (κ2) is 7.04. The Morgan fingerprint density at radius 2 is 1.86 bits per heavy atom. The molecule has 0 amide bonds. The Bertz CT molecular complexity index is 575. The highest BCUT2D eigenvalue weighted by atomic mass is 32.2. The van der Waals surface area contributed by atoms with Gasteiger partial charge in [-0.3, -0.25) is 9.52 Å². The molecule has 0 atom stereocenters. The molecule has 116 valence electrons. The predicted molar refractivity (Wildman–Crippen MR) is 84.1 cm³/mol. The van der Waals surface area contributed by atoms with Gasteiger partial charge in [-0.2, -0.15) is 0 Å². The molecule has 0 spiro atoms. The fourth-order valence-corrected chi connectivity index (χ4v) is 3.66. The number of Topliss-reactive ketones (excluding diaryl/α,β-unsaturated/α-hetero) is 1. The van der Waals surface area contributed by atoms with Crippen LogP contribution in [0.5, 0.6) is 0 Å². The van der Waals surface area contributed by atoms with E-state index in [0.29, 0.717) is 17.7 Å². The number of carbonyl (C=O) groups is 1. The molecule has 5 nitrogen and oxygen atoms in total. The average molecular weight is 310 g/mol. The zero-order valence-corrected chi connectivity index (χ0v) is 13.1. The molecule has 1 fully saturated rings. The van der Waals surface area contributed by atoms with Gasteiger partial charge in [0, 0.05) is 17.2 Å². The van der Waals surface area contributed by atoms with Crippen molar-refractivity contribution >= 4 is 21.5 Å². The van der Waals surface area contributed by atoms with E-state index in [0.717, 1.165) is 25.9 Å². The first-order valence-corrected chi connectivity index (χ1v) is 9.02. The molecule has 1 aliphatic heterocycles. The van der Waals surface area contributed by atoms with Crippen molar-refractivity contribution in [3.63, 3.8) is 0 Å². The largest absolute Gasteiger partial charge is 0.317 e. The van der Waals surface area contributed by atoms with Crippen molar-refractivity contribution in [2.75, 3.05) is 23.6 Å². The van der Waals surface area contributed by atoms with E-state index in [-0.39, 0.29) is 17.5 Å². The lowest BCUT2D eigenvalue weighted by Crippen LogP contribution is -2.31. The first-order chi connectivity index (χ1) is 10.0. The highest BCUT2D eigenvalue weighted by Crippen LogP contribution is 2.20. The van der Waals surface area contributed by atoms with Crippen LogP contribution in [0.2, 0.25) is 0 Å². The molecule has 21 heavy (non-hydrogen) atoms. The third-order valence-electron chi connectivity index (χ3n) is 3.63. The van der Waals surface area contributed by atoms with Crippen molar-refractivity contribution in [2.45, 2.75) is 26.2 Å². The van der Waals surface area contributed by atoms with Crippen molar-refractivity contribution < 1.29 is 13.2 Å². The van der Waals surface area contributed by atoms with E-state index in [1.165, 1.54) is 0 Å². The molecular formula is C15H22N2O3S. The zero-order valence-electron chi connectivity index (χ0n) is 12.3. The number of hydrogen-bond acceptors (Lipinski definition) is 4. The second-order valence-corrected chi connectivity index (χ2v) is 7.23. The second-order valence-electron chi connectivity index (χ2n) is 5.39. The first-order valence-electron chi connectivity index (χ1n) is 7.37. The number of piperidine rings is 1. The normalized spacial score (nSPS) is 16.6. The average Bonchev–Trinajstić information content (AvgIpc) is 2.48. The highest BCUT2D eigenvalue weighted by Gasteiger charge is 2.22. The summed E-state index contributed by atoms with van der Waals surface area (Å²) in [4.78, 5) is 12.3. The number of ketones is 1. The van der Waals surface area contributed by atoms with Crippen LogP contribution in [0, 0.1) is 5.92 Å². The van der Waals surface area contributed by atoms with Crippen LogP contribution in [0.15, 0.2) is 24.3 Å². The summed E-state index contributed by atoms with van der Waals surface area (Å²) in [6.45, 7) is 3.58. The maximum atomic E-state index is 12.3. The van der Waals surface area contributed by atoms with Gasteiger partial charge in [-0.15, -0.1) is 0 Å². The van der Waals surface area contributed by atoms with Crippen LogP contribution in [0.3, 0.4) is 0 Å². The van der Waals surface area contributed by atoms with Crippen molar-refractivity contribution in [3.05, 3.63) is 29.8 Å². The van der Waals surface area contributed by atoms with Crippen LogP contribution >= 0.6 is 0 Å².